The van der Waals surface area contributed by atoms with Crippen molar-refractivity contribution in [2.24, 2.45) is 0 Å². The Hall–Kier alpha value is -1.36. The van der Waals surface area contributed by atoms with E-state index in [-0.39, 0.29) is 17.9 Å². The van der Waals surface area contributed by atoms with Crippen LogP contribution in [0.25, 0.3) is 0 Å². The van der Waals surface area contributed by atoms with Crippen LogP contribution in [0.1, 0.15) is 31.4 Å². The molecule has 0 radical (unpaired) electrons. The maximum Gasteiger partial charge on any atom is 0.324 e. The number of carbonyl (C=O) groups is 1. The molecule has 0 saturated heterocycles. The average molecular weight is 284 g/mol. The minimum Gasteiger partial charge on any atom is -0.465 e. The monoisotopic (exact) mass is 284 g/mol. The fourth-order valence-corrected chi connectivity index (χ4v) is 3.49. The Morgan fingerprint density at radius 2 is 1.84 bits per heavy atom. The zero-order valence-corrected chi connectivity index (χ0v) is 12.6. The third kappa shape index (κ3) is 3.35. The molecule has 1 aromatic carbocycles. The van der Waals surface area contributed by atoms with Gasteiger partial charge in [-0.05, 0) is 50.5 Å². The summed E-state index contributed by atoms with van der Waals surface area (Å²) in [6.45, 7) is 7.26. The Balaban J connectivity index is 3.20. The van der Waals surface area contributed by atoms with E-state index < -0.39 is 21.1 Å². The average Bonchev–Trinajstić information content (AvgIpc) is 2.33. The van der Waals surface area contributed by atoms with E-state index in [0.29, 0.717) is 0 Å². The second kappa shape index (κ2) is 6.19. The van der Waals surface area contributed by atoms with Crippen LogP contribution in [-0.4, -0.2) is 26.2 Å². The summed E-state index contributed by atoms with van der Waals surface area (Å²) in [7, 11) is -3.69. The molecule has 1 rings (SSSR count). The number of esters is 1. The van der Waals surface area contributed by atoms with Crippen LogP contribution in [0.2, 0.25) is 0 Å². The first kappa shape index (κ1) is 15.7. The molecule has 0 aromatic heterocycles. The minimum absolute atomic E-state index is 0.176. The van der Waals surface area contributed by atoms with Crippen molar-refractivity contribution in [1.82, 2.24) is 0 Å². The highest BCUT2D eigenvalue weighted by molar-refractivity contribution is 7.92. The molecule has 0 amide bonds. The molecular formula is C14H20O4S. The van der Waals surface area contributed by atoms with Gasteiger partial charge in [0, 0.05) is 0 Å². The van der Waals surface area contributed by atoms with Crippen LogP contribution in [0, 0.1) is 13.8 Å². The molecule has 0 aliphatic heterocycles. The van der Waals surface area contributed by atoms with Crippen molar-refractivity contribution in [3.63, 3.8) is 0 Å². The Bertz CT molecular complexity index is 561. The highest BCUT2D eigenvalue weighted by Crippen LogP contribution is 2.22. The Morgan fingerprint density at radius 1 is 1.21 bits per heavy atom. The second-order valence-corrected chi connectivity index (χ2v) is 6.57. The molecule has 106 valence electrons. The molecule has 0 fully saturated rings. The summed E-state index contributed by atoms with van der Waals surface area (Å²) in [6, 6.07) is 4.90. The van der Waals surface area contributed by atoms with Crippen molar-refractivity contribution in [1.29, 1.82) is 0 Å². The SMILES string of the molecule is CCOC(=O)[C@H](CC)S(=O)(=O)c1ccc(C)c(C)c1. The van der Waals surface area contributed by atoms with E-state index in [2.05, 4.69) is 0 Å². The molecule has 0 bridgehead atoms. The third-order valence-corrected chi connectivity index (χ3v) is 5.29. The summed E-state index contributed by atoms with van der Waals surface area (Å²) in [6.07, 6.45) is 0.202. The summed E-state index contributed by atoms with van der Waals surface area (Å²) in [5.41, 5.74) is 1.91. The first-order chi connectivity index (χ1) is 8.84. The molecule has 0 aliphatic carbocycles. The van der Waals surface area contributed by atoms with Crippen molar-refractivity contribution in [3.05, 3.63) is 29.3 Å². The van der Waals surface area contributed by atoms with Gasteiger partial charge in [-0.25, -0.2) is 8.42 Å². The minimum atomic E-state index is -3.69. The topological polar surface area (TPSA) is 60.4 Å². The quantitative estimate of drug-likeness (QED) is 0.779. The lowest BCUT2D eigenvalue weighted by atomic mass is 10.1. The van der Waals surface area contributed by atoms with Crippen LogP contribution >= 0.6 is 0 Å². The fraction of sp³-hybridized carbons (Fsp3) is 0.500. The first-order valence-corrected chi connectivity index (χ1v) is 7.87. The summed E-state index contributed by atoms with van der Waals surface area (Å²) >= 11 is 0. The molecule has 0 saturated carbocycles. The summed E-state index contributed by atoms with van der Waals surface area (Å²) in [4.78, 5) is 11.9. The Morgan fingerprint density at radius 3 is 2.32 bits per heavy atom. The number of carbonyl (C=O) groups excluding carboxylic acids is 1. The van der Waals surface area contributed by atoms with Crippen molar-refractivity contribution in [3.8, 4) is 0 Å². The first-order valence-electron chi connectivity index (χ1n) is 6.32. The lowest BCUT2D eigenvalue weighted by Gasteiger charge is -2.15. The van der Waals surface area contributed by atoms with Gasteiger partial charge in [-0.3, -0.25) is 4.79 Å². The van der Waals surface area contributed by atoms with Crippen LogP contribution < -0.4 is 0 Å². The van der Waals surface area contributed by atoms with Crippen LogP contribution in [0.3, 0.4) is 0 Å². The van der Waals surface area contributed by atoms with Gasteiger partial charge in [0.25, 0.3) is 0 Å². The lowest BCUT2D eigenvalue weighted by molar-refractivity contribution is -0.142. The molecular weight excluding hydrogens is 264 g/mol. The summed E-state index contributed by atoms with van der Waals surface area (Å²) < 4.78 is 29.7. The van der Waals surface area contributed by atoms with Crippen LogP contribution in [0.5, 0.6) is 0 Å². The van der Waals surface area contributed by atoms with E-state index in [1.807, 2.05) is 13.8 Å². The number of sulfone groups is 1. The number of hydrogen-bond acceptors (Lipinski definition) is 4. The molecule has 19 heavy (non-hydrogen) atoms. The molecule has 4 nitrogen and oxygen atoms in total. The number of ether oxygens (including phenoxy) is 1. The normalized spacial score (nSPS) is 13.1. The maximum atomic E-state index is 12.4. The molecule has 1 atom stereocenters. The van der Waals surface area contributed by atoms with E-state index in [1.165, 1.54) is 0 Å². The van der Waals surface area contributed by atoms with Gasteiger partial charge in [0.1, 0.15) is 0 Å². The standard InChI is InChI=1S/C14H20O4S/c1-5-13(14(15)18-6-2)19(16,17)12-8-7-10(3)11(4)9-12/h7-9,13H,5-6H2,1-4H3/t13-/m0/s1. The van der Waals surface area contributed by atoms with E-state index in [9.17, 15) is 13.2 Å². The molecule has 0 spiro atoms. The van der Waals surface area contributed by atoms with Gasteiger partial charge in [-0.15, -0.1) is 0 Å². The molecule has 0 heterocycles. The lowest BCUT2D eigenvalue weighted by Crippen LogP contribution is -2.31. The number of aryl methyl sites for hydroxylation is 2. The van der Waals surface area contributed by atoms with Gasteiger partial charge >= 0.3 is 5.97 Å². The van der Waals surface area contributed by atoms with E-state index in [0.717, 1.165) is 11.1 Å². The highest BCUT2D eigenvalue weighted by Gasteiger charge is 2.33. The largest absolute Gasteiger partial charge is 0.465 e. The fourth-order valence-electron chi connectivity index (χ4n) is 1.80. The van der Waals surface area contributed by atoms with Gasteiger partial charge in [-0.2, -0.15) is 0 Å². The van der Waals surface area contributed by atoms with Crippen LogP contribution in [0.4, 0.5) is 0 Å². The van der Waals surface area contributed by atoms with Crippen molar-refractivity contribution in [2.45, 2.75) is 44.3 Å². The third-order valence-electron chi connectivity index (χ3n) is 3.10. The Labute approximate surface area is 114 Å². The van der Waals surface area contributed by atoms with Crippen molar-refractivity contribution in [2.75, 3.05) is 6.61 Å². The smallest absolute Gasteiger partial charge is 0.324 e. The summed E-state index contributed by atoms with van der Waals surface area (Å²) in [5.74, 6) is -0.678. The molecule has 1 aromatic rings. The van der Waals surface area contributed by atoms with Gasteiger partial charge in [0.15, 0.2) is 15.1 Å². The molecule has 0 unspecified atom stereocenters. The van der Waals surface area contributed by atoms with E-state index >= 15 is 0 Å². The Kier molecular flexibility index (Phi) is 5.11. The highest BCUT2D eigenvalue weighted by atomic mass is 32.2. The zero-order chi connectivity index (χ0) is 14.6. The van der Waals surface area contributed by atoms with Gasteiger partial charge in [0.05, 0.1) is 11.5 Å². The van der Waals surface area contributed by atoms with E-state index in [1.54, 1.807) is 32.0 Å². The van der Waals surface area contributed by atoms with Gasteiger partial charge < -0.3 is 4.74 Å². The molecule has 0 aliphatic rings. The predicted octanol–water partition coefficient (Wildman–Crippen LogP) is 2.42. The van der Waals surface area contributed by atoms with Crippen LogP contribution in [-0.2, 0) is 19.4 Å². The molecule has 5 heteroatoms. The van der Waals surface area contributed by atoms with Gasteiger partial charge in [-0.1, -0.05) is 13.0 Å². The van der Waals surface area contributed by atoms with Crippen LogP contribution in [0.15, 0.2) is 23.1 Å². The maximum absolute atomic E-state index is 12.4. The van der Waals surface area contributed by atoms with Gasteiger partial charge in [0.2, 0.25) is 0 Å². The summed E-state index contributed by atoms with van der Waals surface area (Å²) in [5, 5.41) is -1.13. The number of benzene rings is 1. The van der Waals surface area contributed by atoms with Crippen molar-refractivity contribution >= 4 is 15.8 Å². The van der Waals surface area contributed by atoms with E-state index in [4.69, 9.17) is 4.74 Å². The second-order valence-electron chi connectivity index (χ2n) is 4.44. The van der Waals surface area contributed by atoms with Crippen molar-refractivity contribution < 1.29 is 17.9 Å². The predicted molar refractivity (Wildman–Crippen MR) is 73.8 cm³/mol. The number of hydrogen-bond donors (Lipinski definition) is 0. The molecule has 0 N–H and O–H groups in total. The number of rotatable bonds is 5. The zero-order valence-electron chi connectivity index (χ0n) is 11.8.